The van der Waals surface area contributed by atoms with Gasteiger partial charge in [0.15, 0.2) is 0 Å². The van der Waals surface area contributed by atoms with Gasteiger partial charge in [-0.2, -0.15) is 0 Å². The van der Waals surface area contributed by atoms with Crippen LogP contribution in [0.5, 0.6) is 5.75 Å². The lowest BCUT2D eigenvalue weighted by Gasteiger charge is -2.15. The summed E-state index contributed by atoms with van der Waals surface area (Å²) in [4.78, 5) is 0. The molecule has 0 radical (unpaired) electrons. The molecular formula is C18H21FO. The van der Waals surface area contributed by atoms with Crippen LogP contribution in [-0.2, 0) is 0 Å². The number of hydrogen-bond donors (Lipinski definition) is 1. The Labute approximate surface area is 120 Å². The number of benzene rings is 2. The van der Waals surface area contributed by atoms with Crippen LogP contribution in [0.1, 0.15) is 50.3 Å². The Balaban J connectivity index is 0.000000956. The minimum atomic E-state index is -0.392. The molecule has 2 rings (SSSR count). The van der Waals surface area contributed by atoms with Crippen LogP contribution >= 0.6 is 0 Å². The molecule has 0 aromatic heterocycles. The minimum Gasteiger partial charge on any atom is -0.508 e. The van der Waals surface area contributed by atoms with Gasteiger partial charge in [-0.15, -0.1) is 6.42 Å². The molecule has 20 heavy (non-hydrogen) atoms. The van der Waals surface area contributed by atoms with Gasteiger partial charge in [0.2, 0.25) is 0 Å². The molecule has 106 valence electrons. The first kappa shape index (κ1) is 16.0. The van der Waals surface area contributed by atoms with Gasteiger partial charge in [0.1, 0.15) is 11.6 Å². The van der Waals surface area contributed by atoms with Crippen LogP contribution in [0.2, 0.25) is 0 Å². The summed E-state index contributed by atoms with van der Waals surface area (Å²) in [5.74, 6) is 2.41. The van der Waals surface area contributed by atoms with Crippen molar-refractivity contribution in [1.82, 2.24) is 0 Å². The largest absolute Gasteiger partial charge is 0.508 e. The molecule has 0 amide bonds. The van der Waals surface area contributed by atoms with Gasteiger partial charge in [-0.1, -0.05) is 39.7 Å². The van der Waals surface area contributed by atoms with E-state index in [1.165, 1.54) is 6.07 Å². The average molecular weight is 272 g/mol. The standard InChI is InChI=1S/C16H15FO.C2H6/c1-5-11-14(17)7-6-12-10(4)15(18)8-13(9(2)3)16(11)12;1-2/h1,6-9,18H,2-4H3;1-2H3. The van der Waals surface area contributed by atoms with Crippen LogP contribution in [0, 0.1) is 25.1 Å². The van der Waals surface area contributed by atoms with Crippen LogP contribution < -0.4 is 0 Å². The molecular weight excluding hydrogens is 251 g/mol. The molecule has 0 aliphatic carbocycles. The highest BCUT2D eigenvalue weighted by molar-refractivity contribution is 5.95. The first-order valence-corrected chi connectivity index (χ1v) is 6.88. The zero-order valence-corrected chi connectivity index (χ0v) is 12.7. The first-order chi connectivity index (χ1) is 9.47. The number of terminal acetylenes is 1. The second kappa shape index (κ2) is 6.43. The van der Waals surface area contributed by atoms with Crippen LogP contribution in [-0.4, -0.2) is 5.11 Å². The van der Waals surface area contributed by atoms with Gasteiger partial charge in [0.05, 0.1) is 5.56 Å². The Bertz CT molecular complexity index is 663. The molecule has 0 atom stereocenters. The molecule has 0 aliphatic rings. The van der Waals surface area contributed by atoms with Crippen molar-refractivity contribution in [3.8, 4) is 18.1 Å². The highest BCUT2D eigenvalue weighted by Gasteiger charge is 2.16. The summed E-state index contributed by atoms with van der Waals surface area (Å²) in [5, 5.41) is 11.5. The quantitative estimate of drug-likeness (QED) is 0.714. The third-order valence-electron chi connectivity index (χ3n) is 3.29. The van der Waals surface area contributed by atoms with Crippen LogP contribution in [0.15, 0.2) is 18.2 Å². The third-order valence-corrected chi connectivity index (χ3v) is 3.29. The molecule has 1 N–H and O–H groups in total. The number of halogens is 1. The summed E-state index contributed by atoms with van der Waals surface area (Å²) in [6.45, 7) is 9.80. The molecule has 0 bridgehead atoms. The van der Waals surface area contributed by atoms with Crippen molar-refractivity contribution >= 4 is 10.8 Å². The van der Waals surface area contributed by atoms with Gasteiger partial charge in [0.25, 0.3) is 0 Å². The van der Waals surface area contributed by atoms with Crippen molar-refractivity contribution in [2.75, 3.05) is 0 Å². The Hall–Kier alpha value is -2.01. The summed E-state index contributed by atoms with van der Waals surface area (Å²) in [6.07, 6.45) is 5.42. The highest BCUT2D eigenvalue weighted by Crippen LogP contribution is 2.36. The summed E-state index contributed by atoms with van der Waals surface area (Å²) in [7, 11) is 0. The zero-order chi connectivity index (χ0) is 15.4. The van der Waals surface area contributed by atoms with Gasteiger partial charge in [-0.25, -0.2) is 4.39 Å². The lowest BCUT2D eigenvalue weighted by Crippen LogP contribution is -1.97. The monoisotopic (exact) mass is 272 g/mol. The van der Waals surface area contributed by atoms with Gasteiger partial charge in [0, 0.05) is 5.39 Å². The fourth-order valence-electron chi connectivity index (χ4n) is 2.25. The summed E-state index contributed by atoms with van der Waals surface area (Å²) in [6, 6.07) is 4.71. The van der Waals surface area contributed by atoms with E-state index >= 15 is 0 Å². The average Bonchev–Trinajstić information content (AvgIpc) is 2.44. The Morgan fingerprint density at radius 3 is 2.35 bits per heavy atom. The second-order valence-corrected chi connectivity index (χ2v) is 4.75. The van der Waals surface area contributed by atoms with Gasteiger partial charge >= 0.3 is 0 Å². The lowest BCUT2D eigenvalue weighted by atomic mass is 9.90. The number of aromatic hydroxyl groups is 1. The smallest absolute Gasteiger partial charge is 0.139 e. The fraction of sp³-hybridized carbons (Fsp3) is 0.333. The van der Waals surface area contributed by atoms with E-state index in [9.17, 15) is 9.50 Å². The topological polar surface area (TPSA) is 20.2 Å². The summed E-state index contributed by atoms with van der Waals surface area (Å²) >= 11 is 0. The molecule has 0 spiro atoms. The molecule has 0 heterocycles. The SMILES string of the molecule is C#Cc1c(F)ccc2c(C)c(O)cc(C(C)C)c12.CC. The van der Waals surface area contributed by atoms with Crippen molar-refractivity contribution in [1.29, 1.82) is 0 Å². The molecule has 2 aromatic carbocycles. The summed E-state index contributed by atoms with van der Waals surface area (Å²) in [5.41, 5.74) is 1.88. The molecule has 1 nitrogen and oxygen atoms in total. The number of phenolic OH excluding ortho intramolecular Hbond substituents is 1. The van der Waals surface area contributed by atoms with Crippen molar-refractivity contribution in [3.05, 3.63) is 40.7 Å². The van der Waals surface area contributed by atoms with E-state index in [1.807, 2.05) is 27.7 Å². The van der Waals surface area contributed by atoms with E-state index in [-0.39, 0.29) is 17.2 Å². The van der Waals surface area contributed by atoms with Crippen molar-refractivity contribution in [3.63, 3.8) is 0 Å². The fourth-order valence-corrected chi connectivity index (χ4v) is 2.25. The Morgan fingerprint density at radius 2 is 1.85 bits per heavy atom. The van der Waals surface area contributed by atoms with Crippen molar-refractivity contribution < 1.29 is 9.50 Å². The number of aryl methyl sites for hydroxylation is 1. The maximum atomic E-state index is 13.8. The number of fused-ring (bicyclic) bond motifs is 1. The van der Waals surface area contributed by atoms with E-state index < -0.39 is 5.82 Å². The van der Waals surface area contributed by atoms with Gasteiger partial charge in [-0.05, 0) is 41.5 Å². The van der Waals surface area contributed by atoms with E-state index in [2.05, 4.69) is 5.92 Å². The van der Waals surface area contributed by atoms with Gasteiger partial charge < -0.3 is 5.11 Å². The molecule has 0 unspecified atom stereocenters. The number of hydrogen-bond acceptors (Lipinski definition) is 1. The van der Waals surface area contributed by atoms with E-state index in [0.29, 0.717) is 0 Å². The van der Waals surface area contributed by atoms with Crippen LogP contribution in [0.4, 0.5) is 4.39 Å². The predicted molar refractivity (Wildman–Crippen MR) is 83.7 cm³/mol. The van der Waals surface area contributed by atoms with Crippen molar-refractivity contribution in [2.24, 2.45) is 0 Å². The zero-order valence-electron chi connectivity index (χ0n) is 12.7. The third kappa shape index (κ3) is 2.63. The molecule has 0 saturated heterocycles. The van der Waals surface area contributed by atoms with Crippen LogP contribution in [0.3, 0.4) is 0 Å². The molecule has 2 aromatic rings. The van der Waals surface area contributed by atoms with Gasteiger partial charge in [-0.3, -0.25) is 0 Å². The maximum Gasteiger partial charge on any atom is 0.139 e. The normalized spacial score (nSPS) is 10.1. The maximum absolute atomic E-state index is 13.8. The lowest BCUT2D eigenvalue weighted by molar-refractivity contribution is 0.471. The van der Waals surface area contributed by atoms with Crippen LogP contribution in [0.25, 0.3) is 10.8 Å². The predicted octanol–water partition coefficient (Wildman–Crippen LogP) is 5.12. The van der Waals surface area contributed by atoms with Crippen molar-refractivity contribution in [2.45, 2.75) is 40.5 Å². The summed E-state index contributed by atoms with van der Waals surface area (Å²) < 4.78 is 13.8. The highest BCUT2D eigenvalue weighted by atomic mass is 19.1. The molecule has 0 aliphatic heterocycles. The van der Waals surface area contributed by atoms with E-state index in [0.717, 1.165) is 21.9 Å². The number of rotatable bonds is 1. The second-order valence-electron chi connectivity index (χ2n) is 4.75. The van der Waals surface area contributed by atoms with E-state index in [1.54, 1.807) is 19.1 Å². The molecule has 0 saturated carbocycles. The number of phenols is 1. The molecule has 0 fully saturated rings. The van der Waals surface area contributed by atoms with E-state index in [4.69, 9.17) is 6.42 Å². The Morgan fingerprint density at radius 1 is 1.25 bits per heavy atom. The molecule has 2 heteroatoms. The minimum absolute atomic E-state index is 0.160. The first-order valence-electron chi connectivity index (χ1n) is 6.88. The Kier molecular flexibility index (Phi) is 5.16.